The highest BCUT2D eigenvalue weighted by atomic mass is 16.3. The predicted octanol–water partition coefficient (Wildman–Crippen LogP) is 1.21. The number of rotatable bonds is 7. The first-order chi connectivity index (χ1) is 7.22. The van der Waals surface area contributed by atoms with Crippen LogP contribution in [0.3, 0.4) is 0 Å². The normalized spacial score (nSPS) is 20.0. The molecule has 0 bridgehead atoms. The van der Waals surface area contributed by atoms with Crippen LogP contribution in [0, 0.1) is 5.92 Å². The molecule has 1 aliphatic carbocycles. The van der Waals surface area contributed by atoms with Crippen LogP contribution in [0.25, 0.3) is 0 Å². The van der Waals surface area contributed by atoms with E-state index < -0.39 is 0 Å². The van der Waals surface area contributed by atoms with Crippen molar-refractivity contribution in [2.24, 2.45) is 11.7 Å². The molecule has 0 saturated heterocycles. The number of nitrogens with zero attached hydrogens (tertiary/aromatic N) is 1. The summed E-state index contributed by atoms with van der Waals surface area (Å²) >= 11 is 0. The van der Waals surface area contributed by atoms with Crippen molar-refractivity contribution >= 4 is 0 Å². The SMILES string of the molecule is CN(CCC1CCCC1)CC(O)CCN. The average molecular weight is 214 g/mol. The van der Waals surface area contributed by atoms with Gasteiger partial charge in [0, 0.05) is 6.54 Å². The van der Waals surface area contributed by atoms with Gasteiger partial charge in [-0.2, -0.15) is 0 Å². The van der Waals surface area contributed by atoms with Gasteiger partial charge in [0.1, 0.15) is 0 Å². The Morgan fingerprint density at radius 3 is 2.67 bits per heavy atom. The second-order valence-electron chi connectivity index (χ2n) is 4.93. The third kappa shape index (κ3) is 5.50. The Morgan fingerprint density at radius 2 is 2.07 bits per heavy atom. The Kier molecular flexibility index (Phi) is 6.22. The minimum absolute atomic E-state index is 0.247. The van der Waals surface area contributed by atoms with Crippen molar-refractivity contribution in [3.63, 3.8) is 0 Å². The van der Waals surface area contributed by atoms with Gasteiger partial charge in [0.05, 0.1) is 6.10 Å². The Labute approximate surface area is 93.6 Å². The molecule has 0 aromatic rings. The Hall–Kier alpha value is -0.120. The standard InChI is InChI=1S/C12H26N2O/c1-14(10-12(15)6-8-13)9-7-11-4-2-3-5-11/h11-12,15H,2-10,13H2,1H3. The third-order valence-corrected chi connectivity index (χ3v) is 3.42. The average Bonchev–Trinajstić information content (AvgIpc) is 2.67. The molecule has 1 atom stereocenters. The summed E-state index contributed by atoms with van der Waals surface area (Å²) in [4.78, 5) is 2.23. The second-order valence-corrected chi connectivity index (χ2v) is 4.93. The second kappa shape index (κ2) is 7.20. The van der Waals surface area contributed by atoms with Crippen LogP contribution in [0.15, 0.2) is 0 Å². The molecule has 0 spiro atoms. The van der Waals surface area contributed by atoms with E-state index in [-0.39, 0.29) is 6.10 Å². The molecule has 0 radical (unpaired) electrons. The number of aliphatic hydroxyl groups excluding tert-OH is 1. The van der Waals surface area contributed by atoms with E-state index in [4.69, 9.17) is 5.73 Å². The number of likely N-dealkylation sites (N-methyl/N-ethyl adjacent to an activating group) is 1. The van der Waals surface area contributed by atoms with E-state index in [2.05, 4.69) is 11.9 Å². The summed E-state index contributed by atoms with van der Waals surface area (Å²) in [6.45, 7) is 2.47. The highest BCUT2D eigenvalue weighted by molar-refractivity contribution is 4.69. The van der Waals surface area contributed by atoms with Gasteiger partial charge in [-0.25, -0.2) is 0 Å². The third-order valence-electron chi connectivity index (χ3n) is 3.42. The fraction of sp³-hybridized carbons (Fsp3) is 1.00. The van der Waals surface area contributed by atoms with E-state index in [9.17, 15) is 5.11 Å². The molecule has 1 rings (SSSR count). The van der Waals surface area contributed by atoms with Gasteiger partial charge in [0.2, 0.25) is 0 Å². The van der Waals surface area contributed by atoms with Crippen LogP contribution < -0.4 is 5.73 Å². The van der Waals surface area contributed by atoms with Crippen molar-refractivity contribution in [3.05, 3.63) is 0 Å². The van der Waals surface area contributed by atoms with Gasteiger partial charge in [0.15, 0.2) is 0 Å². The fourth-order valence-electron chi connectivity index (χ4n) is 2.44. The maximum absolute atomic E-state index is 9.59. The van der Waals surface area contributed by atoms with Crippen LogP contribution in [-0.2, 0) is 0 Å². The highest BCUT2D eigenvalue weighted by Crippen LogP contribution is 2.27. The van der Waals surface area contributed by atoms with Crippen molar-refractivity contribution in [1.82, 2.24) is 4.90 Å². The van der Waals surface area contributed by atoms with Gasteiger partial charge < -0.3 is 15.7 Å². The molecule has 0 heterocycles. The quantitative estimate of drug-likeness (QED) is 0.669. The first-order valence-corrected chi connectivity index (χ1v) is 6.29. The van der Waals surface area contributed by atoms with E-state index in [1.165, 1.54) is 32.1 Å². The topological polar surface area (TPSA) is 49.5 Å². The Morgan fingerprint density at radius 1 is 1.40 bits per heavy atom. The largest absolute Gasteiger partial charge is 0.392 e. The zero-order valence-corrected chi connectivity index (χ0v) is 9.99. The summed E-state index contributed by atoms with van der Waals surface area (Å²) < 4.78 is 0. The van der Waals surface area contributed by atoms with E-state index in [0.29, 0.717) is 13.0 Å². The van der Waals surface area contributed by atoms with E-state index in [1.807, 2.05) is 0 Å². The summed E-state index contributed by atoms with van der Waals surface area (Å²) in [5.74, 6) is 0.944. The lowest BCUT2D eigenvalue weighted by Crippen LogP contribution is -2.31. The molecule has 3 nitrogen and oxygen atoms in total. The maximum Gasteiger partial charge on any atom is 0.0679 e. The van der Waals surface area contributed by atoms with E-state index in [0.717, 1.165) is 19.0 Å². The van der Waals surface area contributed by atoms with Gasteiger partial charge in [-0.15, -0.1) is 0 Å². The summed E-state index contributed by atoms with van der Waals surface area (Å²) in [6, 6.07) is 0. The molecule has 1 fully saturated rings. The van der Waals surface area contributed by atoms with E-state index >= 15 is 0 Å². The number of nitrogens with two attached hydrogens (primary N) is 1. The Bertz CT molecular complexity index is 158. The van der Waals surface area contributed by atoms with Crippen molar-refractivity contribution in [3.8, 4) is 0 Å². The van der Waals surface area contributed by atoms with Gasteiger partial charge in [-0.05, 0) is 38.9 Å². The first-order valence-electron chi connectivity index (χ1n) is 6.29. The molecule has 0 amide bonds. The van der Waals surface area contributed by atoms with Crippen LogP contribution in [0.2, 0.25) is 0 Å². The van der Waals surface area contributed by atoms with Crippen LogP contribution in [-0.4, -0.2) is 42.8 Å². The fourth-order valence-corrected chi connectivity index (χ4v) is 2.44. The molecule has 0 aromatic heterocycles. The zero-order chi connectivity index (χ0) is 11.1. The molecular weight excluding hydrogens is 188 g/mol. The lowest BCUT2D eigenvalue weighted by molar-refractivity contribution is 0.117. The molecule has 1 saturated carbocycles. The maximum atomic E-state index is 9.59. The smallest absolute Gasteiger partial charge is 0.0679 e. The lowest BCUT2D eigenvalue weighted by Gasteiger charge is -2.21. The molecule has 0 aliphatic heterocycles. The lowest BCUT2D eigenvalue weighted by atomic mass is 10.0. The van der Waals surface area contributed by atoms with Crippen molar-refractivity contribution in [2.75, 3.05) is 26.7 Å². The molecule has 3 N–H and O–H groups in total. The number of hydrogen-bond donors (Lipinski definition) is 2. The number of hydrogen-bond acceptors (Lipinski definition) is 3. The molecule has 3 heteroatoms. The summed E-state index contributed by atoms with van der Waals surface area (Å²) in [7, 11) is 2.09. The molecule has 90 valence electrons. The van der Waals surface area contributed by atoms with Crippen molar-refractivity contribution in [2.45, 2.75) is 44.6 Å². The zero-order valence-electron chi connectivity index (χ0n) is 9.99. The molecule has 1 unspecified atom stereocenters. The van der Waals surface area contributed by atoms with Crippen LogP contribution in [0.5, 0.6) is 0 Å². The van der Waals surface area contributed by atoms with Gasteiger partial charge in [-0.3, -0.25) is 0 Å². The molecule has 15 heavy (non-hydrogen) atoms. The summed E-state index contributed by atoms with van der Waals surface area (Å²) in [6.07, 6.45) is 7.44. The van der Waals surface area contributed by atoms with Crippen molar-refractivity contribution in [1.29, 1.82) is 0 Å². The summed E-state index contributed by atoms with van der Waals surface area (Å²) in [5, 5.41) is 9.59. The number of aliphatic hydroxyl groups is 1. The van der Waals surface area contributed by atoms with Crippen LogP contribution in [0.1, 0.15) is 38.5 Å². The van der Waals surface area contributed by atoms with Gasteiger partial charge >= 0.3 is 0 Å². The minimum atomic E-state index is -0.247. The predicted molar refractivity (Wildman–Crippen MR) is 63.8 cm³/mol. The highest BCUT2D eigenvalue weighted by Gasteiger charge is 2.15. The Balaban J connectivity index is 2.04. The molecule has 1 aliphatic rings. The minimum Gasteiger partial charge on any atom is -0.392 e. The van der Waals surface area contributed by atoms with Gasteiger partial charge in [0.25, 0.3) is 0 Å². The first kappa shape index (κ1) is 12.9. The monoisotopic (exact) mass is 214 g/mol. The van der Waals surface area contributed by atoms with Crippen LogP contribution in [0.4, 0.5) is 0 Å². The van der Waals surface area contributed by atoms with Gasteiger partial charge in [-0.1, -0.05) is 25.7 Å². The van der Waals surface area contributed by atoms with Crippen molar-refractivity contribution < 1.29 is 5.11 Å². The molecule has 0 aromatic carbocycles. The van der Waals surface area contributed by atoms with E-state index in [1.54, 1.807) is 0 Å². The summed E-state index contributed by atoms with van der Waals surface area (Å²) in [5.41, 5.74) is 5.40. The molecular formula is C12H26N2O. The van der Waals surface area contributed by atoms with Crippen LogP contribution >= 0.6 is 0 Å².